The zero-order valence-electron chi connectivity index (χ0n) is 26.7. The van der Waals surface area contributed by atoms with Crippen molar-refractivity contribution in [2.75, 3.05) is 0 Å². The Bertz CT molecular complexity index is 2500. The van der Waals surface area contributed by atoms with E-state index in [1.807, 2.05) is 23.5 Å². The van der Waals surface area contributed by atoms with Crippen LogP contribution < -0.4 is 13.7 Å². The Kier molecular flexibility index (Phi) is 7.34. The van der Waals surface area contributed by atoms with Gasteiger partial charge in [-0.25, -0.2) is 0 Å². The molecular formula is C45H32N3S+3. The number of thiophene rings is 1. The Balaban J connectivity index is 1.10. The Labute approximate surface area is 289 Å². The molecule has 0 bridgehead atoms. The maximum atomic E-state index is 2.26. The van der Waals surface area contributed by atoms with Crippen LogP contribution in [-0.4, -0.2) is 0 Å². The number of rotatable bonds is 6. The molecule has 0 spiro atoms. The molecule has 0 atom stereocenters. The lowest BCUT2D eigenvalue weighted by molar-refractivity contribution is -0.858. The molecule has 2 heterocycles. The fourth-order valence-electron chi connectivity index (χ4n) is 6.65. The monoisotopic (exact) mass is 646 g/mol. The van der Waals surface area contributed by atoms with Crippen LogP contribution in [0.1, 0.15) is 0 Å². The van der Waals surface area contributed by atoms with E-state index in [9.17, 15) is 0 Å². The molecule has 0 N–H and O–H groups in total. The summed E-state index contributed by atoms with van der Waals surface area (Å²) in [7, 11) is 0. The average Bonchev–Trinajstić information content (AvgIpc) is 3.58. The lowest BCUT2D eigenvalue weighted by Crippen LogP contribution is -2.55. The van der Waals surface area contributed by atoms with Crippen LogP contribution in [0, 0.1) is 0 Å². The Hall–Kier alpha value is -6.23. The third-order valence-corrected chi connectivity index (χ3v) is 10.4. The second-order valence-electron chi connectivity index (χ2n) is 12.2. The van der Waals surface area contributed by atoms with E-state index in [-0.39, 0.29) is 0 Å². The van der Waals surface area contributed by atoms with Crippen LogP contribution in [0.5, 0.6) is 0 Å². The van der Waals surface area contributed by atoms with E-state index in [4.69, 9.17) is 0 Å². The molecule has 0 fully saturated rings. The summed E-state index contributed by atoms with van der Waals surface area (Å²) in [6.07, 6.45) is 6.37. The van der Waals surface area contributed by atoms with Gasteiger partial charge in [0.15, 0.2) is 0 Å². The van der Waals surface area contributed by atoms with Gasteiger partial charge in [0, 0.05) is 56.6 Å². The maximum absolute atomic E-state index is 2.26. The molecule has 0 saturated carbocycles. The fourth-order valence-corrected chi connectivity index (χ4v) is 8.02. The summed E-state index contributed by atoms with van der Waals surface area (Å²) >= 11 is 1.89. The van der Waals surface area contributed by atoms with Crippen LogP contribution >= 0.6 is 11.3 Å². The molecule has 4 heteroatoms. The molecule has 2 aromatic heterocycles. The largest absolute Gasteiger partial charge is 0.428 e. The fraction of sp³-hybridized carbons (Fsp3) is 0. The molecule has 9 rings (SSSR count). The summed E-state index contributed by atoms with van der Waals surface area (Å²) in [6, 6.07) is 62.8. The number of para-hydroxylation sites is 2. The molecule has 3 nitrogen and oxygen atoms in total. The molecule has 0 aliphatic heterocycles. The second-order valence-corrected chi connectivity index (χ2v) is 13.2. The Morgan fingerprint density at radius 1 is 0.286 bits per heavy atom. The predicted molar refractivity (Wildman–Crippen MR) is 200 cm³/mol. The smallest absolute Gasteiger partial charge is 0.134 e. The van der Waals surface area contributed by atoms with Crippen LogP contribution in [0.15, 0.2) is 195 Å². The van der Waals surface area contributed by atoms with Gasteiger partial charge in [-0.3, -0.25) is 0 Å². The zero-order valence-corrected chi connectivity index (χ0v) is 27.5. The second kappa shape index (κ2) is 12.4. The first-order valence-electron chi connectivity index (χ1n) is 16.5. The summed E-state index contributed by atoms with van der Waals surface area (Å²) in [4.78, 5) is 0. The van der Waals surface area contributed by atoms with Crippen molar-refractivity contribution in [1.82, 2.24) is 0 Å². The number of nitrogens with zero attached hydrogens (tertiary/aromatic N) is 3. The molecule has 7 aromatic carbocycles. The summed E-state index contributed by atoms with van der Waals surface area (Å²) in [5, 5.41) is 2.61. The van der Waals surface area contributed by atoms with E-state index in [2.05, 4.69) is 196 Å². The van der Waals surface area contributed by atoms with Crippen molar-refractivity contribution >= 4 is 31.5 Å². The first-order valence-corrected chi connectivity index (χ1v) is 17.3. The number of benzene rings is 7. The first kappa shape index (κ1) is 29.0. The predicted octanol–water partition coefficient (Wildman–Crippen LogP) is 9.89. The minimum Gasteiger partial charge on any atom is -0.134 e. The third kappa shape index (κ3) is 5.48. The Morgan fingerprint density at radius 2 is 0.653 bits per heavy atom. The van der Waals surface area contributed by atoms with Crippen LogP contribution in [0.25, 0.3) is 70.6 Å². The highest BCUT2D eigenvalue weighted by molar-refractivity contribution is 7.26. The van der Waals surface area contributed by atoms with Crippen molar-refractivity contribution in [3.05, 3.63) is 195 Å². The maximum Gasteiger partial charge on any atom is 0.428 e. The zero-order chi connectivity index (χ0) is 32.6. The van der Waals surface area contributed by atoms with Gasteiger partial charge in [-0.2, -0.15) is 0 Å². The average molecular weight is 647 g/mol. The molecule has 0 saturated heterocycles. The van der Waals surface area contributed by atoms with Gasteiger partial charge >= 0.3 is 19.0 Å². The molecular weight excluding hydrogens is 615 g/mol. The van der Waals surface area contributed by atoms with Crippen molar-refractivity contribution in [2.24, 2.45) is 0 Å². The lowest BCUT2D eigenvalue weighted by Gasteiger charge is -2.06. The minimum absolute atomic E-state index is 1.09. The van der Waals surface area contributed by atoms with E-state index in [1.165, 1.54) is 53.6 Å². The minimum atomic E-state index is 1.09. The number of hydrogen-bond donors (Lipinski definition) is 0. The topological polar surface area (TPSA) is 11.6 Å². The number of hydrogen-bond acceptors (Lipinski definition) is 1. The summed E-state index contributed by atoms with van der Waals surface area (Å²) in [6.45, 7) is 0. The molecule has 0 aliphatic carbocycles. The van der Waals surface area contributed by atoms with Crippen LogP contribution in [0.2, 0.25) is 0 Å². The number of aromatic nitrogens is 3. The van der Waals surface area contributed by atoms with E-state index in [0.29, 0.717) is 0 Å². The normalized spacial score (nSPS) is 11.3. The van der Waals surface area contributed by atoms with Crippen molar-refractivity contribution in [3.8, 4) is 50.4 Å². The highest BCUT2D eigenvalue weighted by Gasteiger charge is 2.25. The van der Waals surface area contributed by atoms with Gasteiger partial charge in [0.2, 0.25) is 17.1 Å². The summed E-state index contributed by atoms with van der Waals surface area (Å²) in [5.74, 6) is 0. The van der Waals surface area contributed by atoms with Gasteiger partial charge < -0.3 is 0 Å². The lowest BCUT2D eigenvalue weighted by atomic mass is 9.98. The van der Waals surface area contributed by atoms with Crippen LogP contribution in [-0.2, 0) is 0 Å². The number of fused-ring (bicyclic) bond motifs is 3. The molecule has 0 radical (unpaired) electrons. The third-order valence-electron chi connectivity index (χ3n) is 9.16. The van der Waals surface area contributed by atoms with Gasteiger partial charge in [-0.15, -0.1) is 11.3 Å². The molecule has 49 heavy (non-hydrogen) atoms. The van der Waals surface area contributed by atoms with Gasteiger partial charge in [0.1, 0.15) is 0 Å². The highest BCUT2D eigenvalue weighted by atomic mass is 32.1. The van der Waals surface area contributed by atoms with Gasteiger partial charge in [0.25, 0.3) is 0 Å². The van der Waals surface area contributed by atoms with Gasteiger partial charge in [-0.1, -0.05) is 141 Å². The highest BCUT2D eigenvalue weighted by Crippen LogP contribution is 2.43. The quantitative estimate of drug-likeness (QED) is 0.159. The van der Waals surface area contributed by atoms with Crippen LogP contribution in [0.4, 0.5) is 0 Å². The molecule has 230 valence electrons. The van der Waals surface area contributed by atoms with Gasteiger partial charge in [0.05, 0.1) is 0 Å². The van der Waals surface area contributed by atoms with E-state index in [0.717, 1.165) is 17.1 Å². The summed E-state index contributed by atoms with van der Waals surface area (Å²) < 4.78 is 9.13. The van der Waals surface area contributed by atoms with Crippen LogP contribution in [0.3, 0.4) is 0 Å². The van der Waals surface area contributed by atoms with Crippen molar-refractivity contribution in [2.45, 2.75) is 0 Å². The van der Waals surface area contributed by atoms with Crippen molar-refractivity contribution in [3.63, 3.8) is 0 Å². The molecule has 0 unspecified atom stereocenters. The molecule has 9 aromatic rings. The Morgan fingerprint density at radius 3 is 1.12 bits per heavy atom. The summed E-state index contributed by atoms with van der Waals surface area (Å²) in [5.41, 5.74) is 10.7. The standard InChI is InChI=1S/C45H32N3S/c1-4-12-33(13-5-1)34-22-24-35(25-23-34)40-18-10-20-42-43-21-11-19-41(45(43)49-44(40)42)36-26-28-39(29-27-36)48-31-46(37-14-6-2-7-15-37)30-47(32-48)38-16-8-3-9-17-38/h1-32H/q+3. The SMILES string of the molecule is c1ccc(-c2ccc(-c3cccc4c3sc3c(-c5ccc(-[n+]6c[n+](-c7ccccc7)c[n+](-c7ccccc7)c6)cc5)cccc34)cc2)cc1. The molecule has 0 amide bonds. The van der Waals surface area contributed by atoms with E-state index in [1.54, 1.807) is 0 Å². The van der Waals surface area contributed by atoms with Crippen molar-refractivity contribution in [1.29, 1.82) is 0 Å². The van der Waals surface area contributed by atoms with E-state index < -0.39 is 0 Å². The first-order chi connectivity index (χ1) is 24.3. The van der Waals surface area contributed by atoms with E-state index >= 15 is 0 Å². The van der Waals surface area contributed by atoms with Crippen molar-refractivity contribution < 1.29 is 13.7 Å². The molecule has 0 aliphatic rings. The van der Waals surface area contributed by atoms with Gasteiger partial charge in [-0.05, 0) is 45.5 Å².